The van der Waals surface area contributed by atoms with E-state index in [2.05, 4.69) is 54.6 Å². The highest BCUT2D eigenvalue weighted by molar-refractivity contribution is 5.97. The molecule has 1 aromatic heterocycles. The lowest BCUT2D eigenvalue weighted by atomic mass is 9.97. The largest absolute Gasteiger partial charge is 0.208 e. The van der Waals surface area contributed by atoms with Gasteiger partial charge in [-0.3, -0.25) is 0 Å². The first-order chi connectivity index (χ1) is 27.7. The smallest absolute Gasteiger partial charge is 0.164 e. The third-order valence-corrected chi connectivity index (χ3v) is 8.81. The van der Waals surface area contributed by atoms with E-state index in [0.29, 0.717) is 28.6 Å². The zero-order chi connectivity index (χ0) is 39.4. The molecule has 0 amide bonds. The number of hydrogen-bond acceptors (Lipinski definition) is 3. The van der Waals surface area contributed by atoms with E-state index in [4.69, 9.17) is 24.5 Å². The van der Waals surface area contributed by atoms with Crippen LogP contribution in [-0.2, 0) is 0 Å². The Balaban J connectivity index is 1.21. The summed E-state index contributed by atoms with van der Waals surface area (Å²) in [6.07, 6.45) is 0. The van der Waals surface area contributed by atoms with E-state index in [1.165, 1.54) is 0 Å². The van der Waals surface area contributed by atoms with Gasteiger partial charge in [0.15, 0.2) is 17.5 Å². The van der Waals surface area contributed by atoms with Crippen molar-refractivity contribution >= 4 is 21.5 Å². The second kappa shape index (κ2) is 12.7. The Morgan fingerprint density at radius 2 is 0.800 bits per heavy atom. The number of rotatable bonds is 6. The molecule has 3 heteroatoms. The van der Waals surface area contributed by atoms with Gasteiger partial charge in [-0.2, -0.15) is 0 Å². The molecule has 0 bridgehead atoms. The van der Waals surface area contributed by atoms with Gasteiger partial charge in [-0.25, -0.2) is 15.0 Å². The monoisotopic (exact) mass is 644 g/mol. The average molecular weight is 645 g/mol. The molecule has 0 aliphatic rings. The Kier molecular flexibility index (Phi) is 5.80. The first-order valence-electron chi connectivity index (χ1n) is 19.8. The Hall–Kier alpha value is -6.71. The van der Waals surface area contributed by atoms with Crippen LogP contribution < -0.4 is 0 Å². The molecule has 0 N–H and O–H groups in total. The van der Waals surface area contributed by atoms with Crippen molar-refractivity contribution in [2.45, 2.75) is 0 Å². The summed E-state index contributed by atoms with van der Waals surface area (Å²) in [4.78, 5) is 14.9. The maximum Gasteiger partial charge on any atom is 0.164 e. The number of benzene rings is 8. The van der Waals surface area contributed by atoms with Crippen molar-refractivity contribution in [3.63, 3.8) is 0 Å². The van der Waals surface area contributed by atoms with Gasteiger partial charge in [0.1, 0.15) is 0 Å². The molecule has 9 rings (SSSR count). The normalized spacial score (nSPS) is 13.2. The van der Waals surface area contributed by atoms with E-state index < -0.39 is 30.2 Å². The van der Waals surface area contributed by atoms with Gasteiger partial charge in [0.25, 0.3) is 0 Å². The van der Waals surface area contributed by atoms with Crippen molar-refractivity contribution in [3.8, 4) is 67.5 Å². The molecule has 9 aromatic rings. The van der Waals surface area contributed by atoms with Gasteiger partial charge in [-0.05, 0) is 73.1 Å². The van der Waals surface area contributed by atoms with Crippen LogP contribution in [0.15, 0.2) is 188 Å². The maximum absolute atomic E-state index is 8.92. The third kappa shape index (κ3) is 5.72. The van der Waals surface area contributed by atoms with Gasteiger partial charge in [0.2, 0.25) is 0 Å². The summed E-state index contributed by atoms with van der Waals surface area (Å²) in [5.41, 5.74) is 7.10. The summed E-state index contributed by atoms with van der Waals surface area (Å²) >= 11 is 0. The Morgan fingerprint density at radius 1 is 0.320 bits per heavy atom. The lowest BCUT2D eigenvalue weighted by Gasteiger charge is -2.12. The number of aromatic nitrogens is 3. The van der Waals surface area contributed by atoms with E-state index in [9.17, 15) is 0 Å². The summed E-state index contributed by atoms with van der Waals surface area (Å²) < 4.78 is 60.0. The number of hydrogen-bond donors (Lipinski definition) is 0. The summed E-state index contributed by atoms with van der Waals surface area (Å²) in [7, 11) is 0. The number of nitrogens with zero attached hydrogens (tertiary/aromatic N) is 3. The van der Waals surface area contributed by atoms with Crippen LogP contribution in [0, 0.1) is 0 Å². The summed E-state index contributed by atoms with van der Waals surface area (Å²) in [6.45, 7) is 0. The lowest BCUT2D eigenvalue weighted by molar-refractivity contribution is 1.07. The fraction of sp³-hybridized carbons (Fsp3) is 0. The number of fused-ring (bicyclic) bond motifs is 2. The van der Waals surface area contributed by atoms with E-state index in [1.54, 1.807) is 18.2 Å². The summed E-state index contributed by atoms with van der Waals surface area (Å²) in [5, 5.41) is 2.01. The van der Waals surface area contributed by atoms with Crippen molar-refractivity contribution < 1.29 is 9.60 Å². The molecule has 0 aliphatic carbocycles. The molecule has 0 aliphatic heterocycles. The van der Waals surface area contributed by atoms with Crippen LogP contribution in [0.4, 0.5) is 0 Å². The lowest BCUT2D eigenvalue weighted by Crippen LogP contribution is -2.00. The highest BCUT2D eigenvalue weighted by Crippen LogP contribution is 2.33. The minimum atomic E-state index is -0.495. The van der Waals surface area contributed by atoms with Gasteiger partial charge in [0, 0.05) is 16.7 Å². The highest BCUT2D eigenvalue weighted by atomic mass is 15.0. The summed E-state index contributed by atoms with van der Waals surface area (Å²) in [6, 6.07) is 45.0. The molecule has 234 valence electrons. The average Bonchev–Trinajstić information content (AvgIpc) is 3.27. The first-order valence-corrected chi connectivity index (χ1v) is 16.3. The molecule has 0 atom stereocenters. The van der Waals surface area contributed by atoms with E-state index >= 15 is 0 Å². The fourth-order valence-electron chi connectivity index (χ4n) is 6.24. The van der Waals surface area contributed by atoms with Gasteiger partial charge >= 0.3 is 0 Å². The molecular formula is C47H31N3. The Morgan fingerprint density at radius 3 is 1.52 bits per heavy atom. The second-order valence-electron chi connectivity index (χ2n) is 12.0. The molecule has 1 heterocycles. The standard InChI is InChI=1S/C47H31N3/c1-3-11-32(12-4-1)34-21-23-36(24-22-34)45-48-46(41-18-9-17-40(31-41)44-20-10-16-35-15-7-8-19-43(35)44)50-47(49-45)42-28-27-38-29-37(25-26-39(38)30-42)33-13-5-2-6-14-33/h1-31H/i7D,8D,10D,15D,16D,19D,20D. The van der Waals surface area contributed by atoms with Crippen LogP contribution in [0.25, 0.3) is 89.1 Å². The van der Waals surface area contributed by atoms with Crippen LogP contribution >= 0.6 is 0 Å². The van der Waals surface area contributed by atoms with Crippen molar-refractivity contribution in [1.82, 2.24) is 15.0 Å². The molecule has 0 unspecified atom stereocenters. The van der Waals surface area contributed by atoms with Gasteiger partial charge in [-0.1, -0.05) is 170 Å². The third-order valence-electron chi connectivity index (χ3n) is 8.81. The van der Waals surface area contributed by atoms with Crippen molar-refractivity contribution in [2.75, 3.05) is 0 Å². The van der Waals surface area contributed by atoms with E-state index in [0.717, 1.165) is 44.2 Å². The van der Waals surface area contributed by atoms with Crippen LogP contribution in [0.2, 0.25) is 0 Å². The van der Waals surface area contributed by atoms with E-state index in [-0.39, 0.29) is 28.4 Å². The minimum Gasteiger partial charge on any atom is -0.208 e. The molecule has 0 fully saturated rings. The molecule has 8 aromatic carbocycles. The van der Waals surface area contributed by atoms with E-state index in [1.807, 2.05) is 72.8 Å². The molecule has 50 heavy (non-hydrogen) atoms. The van der Waals surface area contributed by atoms with Gasteiger partial charge < -0.3 is 0 Å². The summed E-state index contributed by atoms with van der Waals surface area (Å²) in [5.74, 6) is 1.26. The van der Waals surface area contributed by atoms with Crippen molar-refractivity contribution in [3.05, 3.63) is 188 Å². The minimum absolute atomic E-state index is 0.0197. The van der Waals surface area contributed by atoms with Gasteiger partial charge in [-0.15, -0.1) is 0 Å². The molecular weight excluding hydrogens is 607 g/mol. The fourth-order valence-corrected chi connectivity index (χ4v) is 6.24. The molecule has 0 saturated carbocycles. The van der Waals surface area contributed by atoms with Crippen LogP contribution in [0.3, 0.4) is 0 Å². The highest BCUT2D eigenvalue weighted by Gasteiger charge is 2.15. The molecule has 0 spiro atoms. The zero-order valence-electron chi connectivity index (χ0n) is 33.7. The van der Waals surface area contributed by atoms with Gasteiger partial charge in [0.05, 0.1) is 9.60 Å². The topological polar surface area (TPSA) is 38.7 Å². The Labute approximate surface area is 301 Å². The SMILES string of the molecule is [2H]c1c([2H])c([2H])c2c(-c3cccc(-c4nc(-c5ccc(-c6ccccc6)cc5)nc(-c5ccc6cc(-c7ccccc7)ccc6c5)n4)c3)c([2H])c([2H])c([2H])c2c1[2H]. The molecule has 0 saturated heterocycles. The maximum atomic E-state index is 8.92. The van der Waals surface area contributed by atoms with Crippen molar-refractivity contribution in [1.29, 1.82) is 0 Å². The Bertz CT molecular complexity index is 3020. The quantitative estimate of drug-likeness (QED) is 0.181. The van der Waals surface area contributed by atoms with Crippen LogP contribution in [0.5, 0.6) is 0 Å². The van der Waals surface area contributed by atoms with Crippen molar-refractivity contribution in [2.24, 2.45) is 0 Å². The van der Waals surface area contributed by atoms with Crippen LogP contribution in [0.1, 0.15) is 9.60 Å². The second-order valence-corrected chi connectivity index (χ2v) is 12.0. The van der Waals surface area contributed by atoms with Crippen LogP contribution in [-0.4, -0.2) is 15.0 Å². The zero-order valence-corrected chi connectivity index (χ0v) is 26.7. The molecule has 0 radical (unpaired) electrons. The first kappa shape index (κ1) is 22.8. The molecule has 3 nitrogen and oxygen atoms in total. The predicted molar refractivity (Wildman–Crippen MR) is 207 cm³/mol. The predicted octanol–water partition coefficient (Wildman–Crippen LogP) is 12.2.